The lowest BCUT2D eigenvalue weighted by molar-refractivity contribution is 0.868. The fourth-order valence-electron chi connectivity index (χ4n) is 2.41. The fraction of sp³-hybridized carbons (Fsp3) is 0.0625. The molecule has 0 spiro atoms. The number of hydrogen-bond acceptors (Lipinski definition) is 3. The molecule has 0 saturated heterocycles. The van der Waals surface area contributed by atoms with E-state index in [1.165, 1.54) is 0 Å². The average molecular weight is 295 g/mol. The van der Waals surface area contributed by atoms with Gasteiger partial charge in [-0.15, -0.1) is 16.7 Å². The van der Waals surface area contributed by atoms with Crippen LogP contribution < -0.4 is 0 Å². The van der Waals surface area contributed by atoms with Crippen LogP contribution in [0.25, 0.3) is 27.9 Å². The van der Waals surface area contributed by atoms with Crippen LogP contribution in [0.4, 0.5) is 0 Å². The average Bonchev–Trinajstić information content (AvgIpc) is 3.00. The first-order valence-electron chi connectivity index (χ1n) is 6.62. The number of aromatic nitrogens is 4. The van der Waals surface area contributed by atoms with Crippen molar-refractivity contribution in [1.82, 2.24) is 19.6 Å². The number of hydrogen-bond donors (Lipinski definition) is 0. The van der Waals surface area contributed by atoms with Crippen molar-refractivity contribution >= 4 is 28.2 Å². The van der Waals surface area contributed by atoms with Crippen molar-refractivity contribution in [2.24, 2.45) is 0 Å². The topological polar surface area (TPSA) is 43.1 Å². The number of benzene rings is 2. The van der Waals surface area contributed by atoms with E-state index in [0.29, 0.717) is 17.5 Å². The molecule has 0 bridgehead atoms. The maximum Gasteiger partial charge on any atom is 0.182 e. The van der Waals surface area contributed by atoms with Gasteiger partial charge in [-0.1, -0.05) is 42.5 Å². The van der Waals surface area contributed by atoms with Gasteiger partial charge in [-0.05, 0) is 12.1 Å². The summed E-state index contributed by atoms with van der Waals surface area (Å²) in [6.45, 7) is 0. The third-order valence-corrected chi connectivity index (χ3v) is 3.64. The standard InChI is InChI=1S/C16H11ClN4/c17-10-14-18-13-9-5-4-8-12(13)16-19-15(20-21(14)16)11-6-2-1-3-7-11/h1-9H,10H2. The molecule has 0 unspecified atom stereocenters. The van der Waals surface area contributed by atoms with Gasteiger partial charge < -0.3 is 0 Å². The molecule has 2 aromatic carbocycles. The quantitative estimate of drug-likeness (QED) is 0.530. The summed E-state index contributed by atoms with van der Waals surface area (Å²) in [6.07, 6.45) is 0. The SMILES string of the molecule is ClCc1nc2ccccc2c2nc(-c3ccccc3)nn12. The first-order valence-corrected chi connectivity index (χ1v) is 7.16. The molecule has 4 rings (SSSR count). The normalized spacial score (nSPS) is 11.3. The zero-order chi connectivity index (χ0) is 14.2. The molecule has 0 saturated carbocycles. The van der Waals surface area contributed by atoms with E-state index in [4.69, 9.17) is 11.6 Å². The van der Waals surface area contributed by atoms with Crippen LogP contribution in [0.3, 0.4) is 0 Å². The molecule has 0 aliphatic rings. The van der Waals surface area contributed by atoms with Gasteiger partial charge in [0.05, 0.1) is 11.4 Å². The number of rotatable bonds is 2. The summed E-state index contributed by atoms with van der Waals surface area (Å²) < 4.78 is 1.73. The molecule has 0 aliphatic heterocycles. The Kier molecular flexibility index (Phi) is 2.82. The summed E-state index contributed by atoms with van der Waals surface area (Å²) in [5, 5.41) is 5.54. The van der Waals surface area contributed by atoms with Gasteiger partial charge in [0.1, 0.15) is 5.82 Å². The van der Waals surface area contributed by atoms with Crippen molar-refractivity contribution < 1.29 is 0 Å². The Labute approximate surface area is 126 Å². The van der Waals surface area contributed by atoms with E-state index in [9.17, 15) is 0 Å². The van der Waals surface area contributed by atoms with E-state index in [-0.39, 0.29) is 0 Å². The van der Waals surface area contributed by atoms with Gasteiger partial charge in [0.15, 0.2) is 11.5 Å². The molecule has 2 heterocycles. The second-order valence-corrected chi connectivity index (χ2v) is 4.98. The van der Waals surface area contributed by atoms with Crippen molar-refractivity contribution in [3.05, 3.63) is 60.4 Å². The summed E-state index contributed by atoms with van der Waals surface area (Å²) in [4.78, 5) is 9.23. The molecule has 5 heteroatoms. The number of fused-ring (bicyclic) bond motifs is 3. The van der Waals surface area contributed by atoms with Crippen LogP contribution in [-0.4, -0.2) is 19.6 Å². The van der Waals surface area contributed by atoms with Gasteiger partial charge >= 0.3 is 0 Å². The van der Waals surface area contributed by atoms with E-state index in [0.717, 1.165) is 22.1 Å². The second-order valence-electron chi connectivity index (χ2n) is 4.72. The third kappa shape index (κ3) is 1.96. The van der Waals surface area contributed by atoms with Crippen molar-refractivity contribution in [1.29, 1.82) is 0 Å². The molecule has 2 aromatic heterocycles. The summed E-state index contributed by atoms with van der Waals surface area (Å²) in [5.74, 6) is 1.67. The number of halogens is 1. The van der Waals surface area contributed by atoms with Gasteiger partial charge in [0.2, 0.25) is 0 Å². The Morgan fingerprint density at radius 1 is 0.905 bits per heavy atom. The summed E-state index contributed by atoms with van der Waals surface area (Å²) in [6, 6.07) is 17.8. The molecular formula is C16H11ClN4. The van der Waals surface area contributed by atoms with Crippen LogP contribution in [0.1, 0.15) is 5.82 Å². The van der Waals surface area contributed by atoms with Crippen LogP contribution in [0.15, 0.2) is 54.6 Å². The summed E-state index contributed by atoms with van der Waals surface area (Å²) in [7, 11) is 0. The minimum absolute atomic E-state index is 0.291. The van der Waals surface area contributed by atoms with Crippen LogP contribution in [-0.2, 0) is 5.88 Å². The molecule has 0 atom stereocenters. The van der Waals surface area contributed by atoms with Gasteiger partial charge in [-0.2, -0.15) is 4.52 Å². The minimum atomic E-state index is 0.291. The van der Waals surface area contributed by atoms with Gasteiger partial charge in [0, 0.05) is 10.9 Å². The van der Waals surface area contributed by atoms with Crippen LogP contribution in [0.2, 0.25) is 0 Å². The van der Waals surface area contributed by atoms with Crippen LogP contribution in [0.5, 0.6) is 0 Å². The molecule has 0 radical (unpaired) electrons. The highest BCUT2D eigenvalue weighted by atomic mass is 35.5. The van der Waals surface area contributed by atoms with Crippen LogP contribution >= 0.6 is 11.6 Å². The third-order valence-electron chi connectivity index (χ3n) is 3.40. The van der Waals surface area contributed by atoms with Gasteiger partial charge in [0.25, 0.3) is 0 Å². The maximum atomic E-state index is 6.01. The zero-order valence-corrected chi connectivity index (χ0v) is 11.8. The van der Waals surface area contributed by atoms with Crippen molar-refractivity contribution in [2.75, 3.05) is 0 Å². The fourth-order valence-corrected chi connectivity index (χ4v) is 2.58. The Bertz CT molecular complexity index is 931. The highest BCUT2D eigenvalue weighted by Crippen LogP contribution is 2.22. The van der Waals surface area contributed by atoms with Gasteiger partial charge in [-0.3, -0.25) is 0 Å². The largest absolute Gasteiger partial charge is 0.231 e. The smallest absolute Gasteiger partial charge is 0.182 e. The van der Waals surface area contributed by atoms with E-state index in [1.807, 2.05) is 54.6 Å². The lowest BCUT2D eigenvalue weighted by Crippen LogP contribution is -2.01. The Morgan fingerprint density at radius 3 is 2.48 bits per heavy atom. The van der Waals surface area contributed by atoms with Crippen LogP contribution in [0, 0.1) is 0 Å². The molecule has 4 aromatic rings. The zero-order valence-electron chi connectivity index (χ0n) is 11.1. The molecular weight excluding hydrogens is 284 g/mol. The first-order chi connectivity index (χ1) is 10.4. The molecule has 21 heavy (non-hydrogen) atoms. The number of alkyl halides is 1. The minimum Gasteiger partial charge on any atom is -0.231 e. The molecule has 0 aliphatic carbocycles. The van der Waals surface area contributed by atoms with E-state index < -0.39 is 0 Å². The number of para-hydroxylation sites is 1. The summed E-state index contributed by atoms with van der Waals surface area (Å²) in [5.41, 5.74) is 2.65. The van der Waals surface area contributed by atoms with Crippen molar-refractivity contribution in [3.8, 4) is 11.4 Å². The van der Waals surface area contributed by atoms with E-state index >= 15 is 0 Å². The Hall–Kier alpha value is -2.46. The monoisotopic (exact) mass is 294 g/mol. The van der Waals surface area contributed by atoms with Crippen molar-refractivity contribution in [2.45, 2.75) is 5.88 Å². The second kappa shape index (κ2) is 4.82. The Morgan fingerprint density at radius 2 is 1.67 bits per heavy atom. The summed E-state index contributed by atoms with van der Waals surface area (Å²) >= 11 is 6.01. The number of nitrogens with zero attached hydrogens (tertiary/aromatic N) is 4. The molecule has 0 amide bonds. The van der Waals surface area contributed by atoms with E-state index in [1.54, 1.807) is 4.52 Å². The van der Waals surface area contributed by atoms with Crippen molar-refractivity contribution in [3.63, 3.8) is 0 Å². The molecule has 4 nitrogen and oxygen atoms in total. The van der Waals surface area contributed by atoms with Gasteiger partial charge in [-0.25, -0.2) is 9.97 Å². The lowest BCUT2D eigenvalue weighted by atomic mass is 10.2. The predicted molar refractivity (Wildman–Crippen MR) is 83.3 cm³/mol. The molecule has 0 fully saturated rings. The first kappa shape index (κ1) is 12.3. The van der Waals surface area contributed by atoms with E-state index in [2.05, 4.69) is 15.1 Å². The highest BCUT2D eigenvalue weighted by molar-refractivity contribution is 6.16. The predicted octanol–water partition coefficient (Wildman–Crippen LogP) is 3.68. The molecule has 0 N–H and O–H groups in total. The maximum absolute atomic E-state index is 6.01. The Balaban J connectivity index is 2.08. The highest BCUT2D eigenvalue weighted by Gasteiger charge is 2.13. The molecule has 102 valence electrons. The lowest BCUT2D eigenvalue weighted by Gasteiger charge is -2.02.